The van der Waals surface area contributed by atoms with Crippen LogP contribution in [0.15, 0.2) is 24.3 Å². The van der Waals surface area contributed by atoms with Gasteiger partial charge in [-0.15, -0.1) is 0 Å². The zero-order valence-electron chi connectivity index (χ0n) is 6.51. The first-order valence-corrected chi connectivity index (χ1v) is 3.91. The Morgan fingerprint density at radius 3 is 2.75 bits per heavy atom. The Hall–Kier alpha value is -1.02. The lowest BCUT2D eigenvalue weighted by Gasteiger charge is -2.03. The molecule has 1 radical (unpaired) electrons. The molecule has 1 amide bonds. The van der Waals surface area contributed by atoms with Gasteiger partial charge in [0.25, 0.3) is 0 Å². The first-order valence-electron chi connectivity index (χ1n) is 3.53. The van der Waals surface area contributed by atoms with Gasteiger partial charge in [-0.3, -0.25) is 4.79 Å². The van der Waals surface area contributed by atoms with Crippen LogP contribution in [-0.4, -0.2) is 5.91 Å². The molecule has 0 unspecified atom stereocenters. The molecular formula is C9H9ClNO. The van der Waals surface area contributed by atoms with Crippen LogP contribution in [0.3, 0.4) is 0 Å². The minimum absolute atomic E-state index is 0.296. The van der Waals surface area contributed by atoms with Crippen LogP contribution in [0.1, 0.15) is 5.56 Å². The van der Waals surface area contributed by atoms with Crippen molar-refractivity contribution in [2.45, 2.75) is 6.54 Å². The molecule has 1 aromatic rings. The fourth-order valence-corrected chi connectivity index (χ4v) is 1.04. The first-order chi connectivity index (χ1) is 5.70. The molecule has 0 spiro atoms. The standard InChI is InChI=1S/C9H9ClNO/c1-7(12)11-6-8-4-2-3-5-9(8)10/h2-5H,1,6H2,(H,11,12). The van der Waals surface area contributed by atoms with E-state index in [1.54, 1.807) is 6.07 Å². The highest BCUT2D eigenvalue weighted by atomic mass is 35.5. The Morgan fingerprint density at radius 1 is 1.50 bits per heavy atom. The highest BCUT2D eigenvalue weighted by Gasteiger charge is 1.98. The second-order valence-electron chi connectivity index (χ2n) is 2.37. The van der Waals surface area contributed by atoms with Crippen molar-refractivity contribution in [2.75, 3.05) is 0 Å². The molecule has 0 atom stereocenters. The van der Waals surface area contributed by atoms with Crippen LogP contribution in [-0.2, 0) is 11.3 Å². The summed E-state index contributed by atoms with van der Waals surface area (Å²) in [6.07, 6.45) is 0. The van der Waals surface area contributed by atoms with E-state index < -0.39 is 0 Å². The summed E-state index contributed by atoms with van der Waals surface area (Å²) >= 11 is 5.84. The van der Waals surface area contributed by atoms with Gasteiger partial charge in [0, 0.05) is 18.5 Å². The number of carbonyl (C=O) groups is 1. The number of benzene rings is 1. The van der Waals surface area contributed by atoms with E-state index in [-0.39, 0.29) is 5.91 Å². The summed E-state index contributed by atoms with van der Waals surface area (Å²) in [5.74, 6) is -0.296. The summed E-state index contributed by atoms with van der Waals surface area (Å²) in [4.78, 5) is 10.5. The molecule has 12 heavy (non-hydrogen) atoms. The van der Waals surface area contributed by atoms with Gasteiger partial charge in [-0.2, -0.15) is 0 Å². The van der Waals surface area contributed by atoms with Crippen LogP contribution in [0, 0.1) is 6.92 Å². The molecule has 0 bridgehead atoms. The van der Waals surface area contributed by atoms with Crippen LogP contribution in [0.5, 0.6) is 0 Å². The van der Waals surface area contributed by atoms with Crippen LogP contribution in [0.2, 0.25) is 5.02 Å². The summed E-state index contributed by atoms with van der Waals surface area (Å²) in [6.45, 7) is 3.62. The van der Waals surface area contributed by atoms with Crippen LogP contribution in [0.4, 0.5) is 0 Å². The normalized spacial score (nSPS) is 9.50. The Balaban J connectivity index is 2.63. The number of rotatable bonds is 2. The molecule has 3 heteroatoms. The Bertz CT molecular complexity index is 286. The van der Waals surface area contributed by atoms with Crippen molar-refractivity contribution in [3.63, 3.8) is 0 Å². The summed E-state index contributed by atoms with van der Waals surface area (Å²) in [5, 5.41) is 3.23. The topological polar surface area (TPSA) is 29.1 Å². The molecule has 0 aromatic heterocycles. The molecule has 0 aliphatic rings. The quantitative estimate of drug-likeness (QED) is 0.743. The smallest absolute Gasteiger partial charge is 0.220 e. The minimum atomic E-state index is -0.296. The molecule has 63 valence electrons. The Morgan fingerprint density at radius 2 is 2.17 bits per heavy atom. The van der Waals surface area contributed by atoms with Gasteiger partial charge in [-0.1, -0.05) is 29.8 Å². The molecule has 0 fully saturated rings. The first kappa shape index (κ1) is 9.07. The fraction of sp³-hybridized carbons (Fsp3) is 0.111. The molecule has 0 aliphatic carbocycles. The predicted octanol–water partition coefficient (Wildman–Crippen LogP) is 1.79. The van der Waals surface area contributed by atoms with Crippen molar-refractivity contribution in [3.05, 3.63) is 41.8 Å². The van der Waals surface area contributed by atoms with Crippen molar-refractivity contribution in [1.82, 2.24) is 5.32 Å². The maximum Gasteiger partial charge on any atom is 0.220 e. The molecule has 1 aromatic carbocycles. The largest absolute Gasteiger partial charge is 0.352 e. The van der Waals surface area contributed by atoms with Gasteiger partial charge < -0.3 is 5.32 Å². The Kier molecular flexibility index (Phi) is 3.11. The lowest BCUT2D eigenvalue weighted by molar-refractivity contribution is -0.116. The number of hydrogen-bond donors (Lipinski definition) is 1. The molecule has 0 heterocycles. The highest BCUT2D eigenvalue weighted by Crippen LogP contribution is 2.13. The van der Waals surface area contributed by atoms with Crippen molar-refractivity contribution < 1.29 is 4.79 Å². The molecular weight excluding hydrogens is 174 g/mol. The number of halogens is 1. The van der Waals surface area contributed by atoms with E-state index in [4.69, 9.17) is 11.6 Å². The summed E-state index contributed by atoms with van der Waals surface area (Å²) < 4.78 is 0. The monoisotopic (exact) mass is 182 g/mol. The molecule has 0 saturated carbocycles. The number of hydrogen-bond acceptors (Lipinski definition) is 1. The van der Waals surface area contributed by atoms with E-state index in [2.05, 4.69) is 12.2 Å². The predicted molar refractivity (Wildman–Crippen MR) is 48.7 cm³/mol. The van der Waals surface area contributed by atoms with Gasteiger partial charge in [0.05, 0.1) is 0 Å². The third kappa shape index (κ3) is 2.55. The van der Waals surface area contributed by atoms with E-state index in [0.29, 0.717) is 11.6 Å². The summed E-state index contributed by atoms with van der Waals surface area (Å²) in [6, 6.07) is 7.36. The van der Waals surface area contributed by atoms with E-state index in [1.165, 1.54) is 0 Å². The average Bonchev–Trinajstić information content (AvgIpc) is 2.03. The van der Waals surface area contributed by atoms with Crippen molar-refractivity contribution >= 4 is 17.5 Å². The molecule has 2 nitrogen and oxygen atoms in total. The maximum absolute atomic E-state index is 10.5. The molecule has 1 rings (SSSR count). The van der Waals surface area contributed by atoms with Gasteiger partial charge in [0.2, 0.25) is 5.91 Å². The maximum atomic E-state index is 10.5. The number of carbonyl (C=O) groups excluding carboxylic acids is 1. The van der Waals surface area contributed by atoms with Crippen LogP contribution >= 0.6 is 11.6 Å². The molecule has 0 aliphatic heterocycles. The Labute approximate surface area is 76.5 Å². The van der Waals surface area contributed by atoms with Crippen molar-refractivity contribution in [3.8, 4) is 0 Å². The summed E-state index contributed by atoms with van der Waals surface area (Å²) in [5.41, 5.74) is 0.899. The summed E-state index contributed by atoms with van der Waals surface area (Å²) in [7, 11) is 0. The van der Waals surface area contributed by atoms with E-state index in [0.717, 1.165) is 5.56 Å². The van der Waals surface area contributed by atoms with Gasteiger partial charge in [0.15, 0.2) is 0 Å². The highest BCUT2D eigenvalue weighted by molar-refractivity contribution is 6.31. The van der Waals surface area contributed by atoms with E-state index >= 15 is 0 Å². The second-order valence-corrected chi connectivity index (χ2v) is 2.78. The van der Waals surface area contributed by atoms with Crippen LogP contribution in [0.25, 0.3) is 0 Å². The SMILES string of the molecule is [CH2]C(=O)NCc1ccccc1Cl. The zero-order chi connectivity index (χ0) is 8.97. The third-order valence-corrected chi connectivity index (χ3v) is 1.80. The minimum Gasteiger partial charge on any atom is -0.352 e. The van der Waals surface area contributed by atoms with Gasteiger partial charge in [-0.25, -0.2) is 0 Å². The number of amides is 1. The molecule has 0 saturated heterocycles. The lowest BCUT2D eigenvalue weighted by atomic mass is 10.2. The molecule has 1 N–H and O–H groups in total. The van der Waals surface area contributed by atoms with Crippen molar-refractivity contribution in [2.24, 2.45) is 0 Å². The van der Waals surface area contributed by atoms with Gasteiger partial charge >= 0.3 is 0 Å². The second kappa shape index (κ2) is 4.12. The van der Waals surface area contributed by atoms with Gasteiger partial charge in [0.1, 0.15) is 0 Å². The third-order valence-electron chi connectivity index (χ3n) is 1.43. The fourth-order valence-electron chi connectivity index (χ4n) is 0.836. The lowest BCUT2D eigenvalue weighted by Crippen LogP contribution is -2.19. The van der Waals surface area contributed by atoms with Crippen LogP contribution < -0.4 is 5.32 Å². The van der Waals surface area contributed by atoms with Crippen molar-refractivity contribution in [1.29, 1.82) is 0 Å². The van der Waals surface area contributed by atoms with E-state index in [9.17, 15) is 4.79 Å². The zero-order valence-corrected chi connectivity index (χ0v) is 7.27. The van der Waals surface area contributed by atoms with Gasteiger partial charge in [-0.05, 0) is 11.6 Å². The van der Waals surface area contributed by atoms with E-state index in [1.807, 2.05) is 18.2 Å². The number of nitrogens with one attached hydrogen (secondary N) is 1. The average molecular weight is 183 g/mol.